The Balaban J connectivity index is 1.98. The Morgan fingerprint density at radius 1 is 1.21 bits per heavy atom. The van der Waals surface area contributed by atoms with Crippen molar-refractivity contribution in [2.24, 2.45) is 10.2 Å². The Hall–Kier alpha value is -2.81. The molecule has 0 amide bonds. The summed E-state index contributed by atoms with van der Waals surface area (Å²) < 4.78 is 19.9. The van der Waals surface area contributed by atoms with Gasteiger partial charge in [0, 0.05) is 28.9 Å². The van der Waals surface area contributed by atoms with Gasteiger partial charge in [-0.15, -0.1) is 4.91 Å². The van der Waals surface area contributed by atoms with Gasteiger partial charge in [0.05, 0.1) is 30.8 Å². The first-order valence-corrected chi connectivity index (χ1v) is 9.45. The second-order valence-electron chi connectivity index (χ2n) is 6.62. The van der Waals surface area contributed by atoms with Gasteiger partial charge in [0.25, 0.3) is 0 Å². The van der Waals surface area contributed by atoms with E-state index in [0.29, 0.717) is 41.9 Å². The normalized spacial score (nSPS) is 18.7. The Labute approximate surface area is 170 Å². The number of hydroxylamine groups is 2. The molecular weight excluding hydrogens is 399 g/mol. The molecule has 1 N–H and O–H groups in total. The highest BCUT2D eigenvalue weighted by Crippen LogP contribution is 2.23. The van der Waals surface area contributed by atoms with Crippen LogP contribution in [0.1, 0.15) is 5.56 Å². The number of rotatable bonds is 3. The second-order valence-corrected chi connectivity index (χ2v) is 7.06. The highest BCUT2D eigenvalue weighted by atomic mass is 35.5. The Morgan fingerprint density at radius 3 is 2.69 bits per heavy atom. The fraction of sp³-hybridized carbons (Fsp3) is 0.250. The first kappa shape index (κ1) is 19.5. The van der Waals surface area contributed by atoms with Crippen LogP contribution in [-0.2, 0) is 4.74 Å². The van der Waals surface area contributed by atoms with E-state index >= 15 is 0 Å². The molecule has 7 nitrogen and oxygen atoms in total. The van der Waals surface area contributed by atoms with E-state index < -0.39 is 5.82 Å². The predicted molar refractivity (Wildman–Crippen MR) is 105 cm³/mol. The first-order chi connectivity index (χ1) is 14.1. The smallest absolute Gasteiger partial charge is 0.197 e. The Morgan fingerprint density at radius 2 is 1.97 bits per heavy atom. The van der Waals surface area contributed by atoms with E-state index in [1.54, 1.807) is 41.3 Å². The third kappa shape index (κ3) is 3.87. The minimum atomic E-state index is -0.498. The van der Waals surface area contributed by atoms with Crippen molar-refractivity contribution in [1.82, 2.24) is 9.96 Å². The molecule has 0 bridgehead atoms. The van der Waals surface area contributed by atoms with Crippen LogP contribution < -0.4 is 10.6 Å². The SMILES string of the molecule is O=NC(=C1CN(O)C(c2ccccc2F)=c2cc(Cl)ccc2=N1)N1CCOCC1. The molecule has 0 aliphatic carbocycles. The lowest BCUT2D eigenvalue weighted by Crippen LogP contribution is -2.36. The maximum atomic E-state index is 14.6. The zero-order valence-corrected chi connectivity index (χ0v) is 16.1. The molecule has 150 valence electrons. The van der Waals surface area contributed by atoms with E-state index in [0.717, 1.165) is 5.06 Å². The molecule has 1 saturated heterocycles. The van der Waals surface area contributed by atoms with E-state index in [9.17, 15) is 14.5 Å². The molecule has 0 radical (unpaired) electrons. The van der Waals surface area contributed by atoms with Crippen LogP contribution in [0.3, 0.4) is 0 Å². The number of nitroso groups, excluding NO2 is 1. The van der Waals surface area contributed by atoms with E-state index in [-0.39, 0.29) is 29.3 Å². The van der Waals surface area contributed by atoms with E-state index in [2.05, 4.69) is 10.2 Å². The summed E-state index contributed by atoms with van der Waals surface area (Å²) in [5.41, 5.74) is 0.688. The number of benzene rings is 2. The van der Waals surface area contributed by atoms with Crippen molar-refractivity contribution in [2.45, 2.75) is 0 Å². The maximum Gasteiger partial charge on any atom is 0.197 e. The highest BCUT2D eigenvalue weighted by Gasteiger charge is 2.25. The highest BCUT2D eigenvalue weighted by molar-refractivity contribution is 6.30. The number of hydrogen-bond donors (Lipinski definition) is 1. The lowest BCUT2D eigenvalue weighted by molar-refractivity contribution is -0.0197. The van der Waals surface area contributed by atoms with Gasteiger partial charge in [-0.1, -0.05) is 23.7 Å². The van der Waals surface area contributed by atoms with Crippen LogP contribution >= 0.6 is 11.6 Å². The van der Waals surface area contributed by atoms with Crippen LogP contribution in [0, 0.1) is 10.7 Å². The van der Waals surface area contributed by atoms with Crippen LogP contribution in [0.15, 0.2) is 64.2 Å². The minimum Gasteiger partial charge on any atom is -0.378 e. The standard InChI is InChI=1S/C20H18ClFN4O3/c21-13-5-6-17-15(11-13)19(14-3-1-2-4-16(14)22)26(28)12-18(23-17)20(24-27)25-7-9-29-10-8-25/h1-6,11,28H,7-10,12H2. The molecule has 0 unspecified atom stereocenters. The van der Waals surface area contributed by atoms with Crippen LogP contribution in [0.25, 0.3) is 5.70 Å². The molecule has 0 spiro atoms. The Kier molecular flexibility index (Phi) is 5.57. The topological polar surface area (TPSA) is 77.7 Å². The average Bonchev–Trinajstić information content (AvgIpc) is 2.86. The fourth-order valence-corrected chi connectivity index (χ4v) is 3.63. The molecule has 0 atom stereocenters. The van der Waals surface area contributed by atoms with Gasteiger partial charge in [-0.3, -0.25) is 5.21 Å². The van der Waals surface area contributed by atoms with Gasteiger partial charge in [-0.05, 0) is 35.5 Å². The number of ether oxygens (including phenoxy) is 1. The second kappa shape index (κ2) is 8.28. The number of nitrogens with zero attached hydrogens (tertiary/aromatic N) is 4. The molecular formula is C20H18ClFN4O3. The lowest BCUT2D eigenvalue weighted by Gasteiger charge is -2.28. The fourth-order valence-electron chi connectivity index (χ4n) is 3.46. The predicted octanol–water partition coefficient (Wildman–Crippen LogP) is 2.23. The quantitative estimate of drug-likeness (QED) is 0.776. The van der Waals surface area contributed by atoms with Crippen LogP contribution in [0.4, 0.5) is 4.39 Å². The van der Waals surface area contributed by atoms with Gasteiger partial charge in [0.1, 0.15) is 11.5 Å². The summed E-state index contributed by atoms with van der Waals surface area (Å²) in [6.07, 6.45) is 0. The van der Waals surface area contributed by atoms with Crippen molar-refractivity contribution in [2.75, 3.05) is 32.8 Å². The first-order valence-electron chi connectivity index (χ1n) is 9.07. The summed E-state index contributed by atoms with van der Waals surface area (Å²) in [6.45, 7) is 1.77. The summed E-state index contributed by atoms with van der Waals surface area (Å²) in [5, 5.41) is 16.3. The van der Waals surface area contributed by atoms with Crippen molar-refractivity contribution in [3.8, 4) is 0 Å². The lowest BCUT2D eigenvalue weighted by atomic mass is 10.1. The molecule has 2 aliphatic heterocycles. The largest absolute Gasteiger partial charge is 0.378 e. The van der Waals surface area contributed by atoms with E-state index in [1.165, 1.54) is 6.07 Å². The van der Waals surface area contributed by atoms with Crippen molar-refractivity contribution in [3.05, 3.63) is 85.9 Å². The number of morpholine rings is 1. The summed E-state index contributed by atoms with van der Waals surface area (Å²) in [7, 11) is 0. The van der Waals surface area contributed by atoms with Crippen molar-refractivity contribution in [1.29, 1.82) is 0 Å². The van der Waals surface area contributed by atoms with Crippen molar-refractivity contribution < 1.29 is 14.3 Å². The van der Waals surface area contributed by atoms with Crippen molar-refractivity contribution >= 4 is 17.3 Å². The molecule has 0 saturated carbocycles. The average molecular weight is 417 g/mol. The summed E-state index contributed by atoms with van der Waals surface area (Å²) in [5.74, 6) is -0.371. The molecule has 4 rings (SSSR count). The third-order valence-corrected chi connectivity index (χ3v) is 5.05. The van der Waals surface area contributed by atoms with Gasteiger partial charge >= 0.3 is 0 Å². The van der Waals surface area contributed by atoms with Gasteiger partial charge in [-0.2, -0.15) is 0 Å². The molecule has 0 aromatic heterocycles. The van der Waals surface area contributed by atoms with E-state index in [1.807, 2.05) is 0 Å². The zero-order chi connectivity index (χ0) is 20.4. The number of hydrogen-bond acceptors (Lipinski definition) is 7. The summed E-state index contributed by atoms with van der Waals surface area (Å²) >= 11 is 6.17. The molecule has 2 aromatic carbocycles. The van der Waals surface area contributed by atoms with Gasteiger partial charge in [0.2, 0.25) is 0 Å². The summed E-state index contributed by atoms with van der Waals surface area (Å²) in [4.78, 5) is 18.0. The number of halogens is 2. The van der Waals surface area contributed by atoms with Crippen LogP contribution in [-0.4, -0.2) is 48.0 Å². The third-order valence-electron chi connectivity index (χ3n) is 4.81. The van der Waals surface area contributed by atoms with Crippen molar-refractivity contribution in [3.63, 3.8) is 0 Å². The molecule has 2 aromatic rings. The zero-order valence-electron chi connectivity index (χ0n) is 15.4. The maximum absolute atomic E-state index is 14.6. The summed E-state index contributed by atoms with van der Waals surface area (Å²) in [6, 6.07) is 11.0. The minimum absolute atomic E-state index is 0.128. The van der Waals surface area contributed by atoms with Crippen LogP contribution in [0.2, 0.25) is 5.02 Å². The molecule has 2 heterocycles. The molecule has 29 heavy (non-hydrogen) atoms. The van der Waals surface area contributed by atoms with Gasteiger partial charge in [-0.25, -0.2) is 14.4 Å². The number of fused-ring (bicyclic) bond motifs is 1. The van der Waals surface area contributed by atoms with Crippen LogP contribution in [0.5, 0.6) is 0 Å². The monoisotopic (exact) mass is 416 g/mol. The van der Waals surface area contributed by atoms with Gasteiger partial charge in [0.15, 0.2) is 5.82 Å². The van der Waals surface area contributed by atoms with E-state index in [4.69, 9.17) is 16.3 Å². The molecule has 2 aliphatic rings. The van der Waals surface area contributed by atoms with Gasteiger partial charge < -0.3 is 9.64 Å². The Bertz CT molecular complexity index is 1100. The molecule has 9 heteroatoms. The molecule has 1 fully saturated rings.